The van der Waals surface area contributed by atoms with Gasteiger partial charge in [0.2, 0.25) is 5.91 Å². The van der Waals surface area contributed by atoms with Gasteiger partial charge >= 0.3 is 11.1 Å². The maximum absolute atomic E-state index is 12.1. The zero-order valence-corrected chi connectivity index (χ0v) is 16.1. The molecule has 0 saturated carbocycles. The number of fused-ring (bicyclic) bond motifs is 1. The molecule has 0 aliphatic rings. The van der Waals surface area contributed by atoms with Gasteiger partial charge in [0.05, 0.1) is 20.9 Å². The first kappa shape index (κ1) is 19.4. The predicted octanol–water partition coefficient (Wildman–Crippen LogP) is 2.25. The summed E-state index contributed by atoms with van der Waals surface area (Å²) >= 11 is 1.15. The van der Waals surface area contributed by atoms with Gasteiger partial charge in [-0.25, -0.2) is 0 Å². The Hall–Kier alpha value is -3.40. The first-order chi connectivity index (χ1) is 13.2. The van der Waals surface area contributed by atoms with Crippen molar-refractivity contribution in [1.29, 1.82) is 0 Å². The van der Waals surface area contributed by atoms with Crippen molar-refractivity contribution in [1.82, 2.24) is 9.13 Å². The SMILES string of the molecule is CC(=O)Nc1ccc(Sc2cc3c(cc2[N+](=O)[O-])n(C)c(=O)c(=O)n3C)cc1. The normalized spacial score (nSPS) is 10.8. The van der Waals surface area contributed by atoms with Gasteiger partial charge in [0.25, 0.3) is 5.69 Å². The topological polar surface area (TPSA) is 116 Å². The van der Waals surface area contributed by atoms with Crippen molar-refractivity contribution >= 4 is 40.1 Å². The van der Waals surface area contributed by atoms with Crippen LogP contribution in [0.1, 0.15) is 6.92 Å². The van der Waals surface area contributed by atoms with E-state index in [2.05, 4.69) is 5.32 Å². The van der Waals surface area contributed by atoms with Crippen LogP contribution in [0.2, 0.25) is 0 Å². The molecule has 9 nitrogen and oxygen atoms in total. The number of carbonyl (C=O) groups is 1. The van der Waals surface area contributed by atoms with Gasteiger partial charge in [-0.05, 0) is 30.3 Å². The Morgan fingerprint density at radius 2 is 1.57 bits per heavy atom. The molecule has 0 radical (unpaired) electrons. The van der Waals surface area contributed by atoms with E-state index in [4.69, 9.17) is 0 Å². The van der Waals surface area contributed by atoms with Gasteiger partial charge in [-0.1, -0.05) is 11.8 Å². The number of aromatic nitrogens is 2. The number of rotatable bonds is 4. The molecule has 0 aliphatic heterocycles. The average molecular weight is 400 g/mol. The number of hydrogen-bond donors (Lipinski definition) is 1. The Morgan fingerprint density at radius 1 is 1.04 bits per heavy atom. The molecule has 3 rings (SSSR count). The monoisotopic (exact) mass is 400 g/mol. The highest BCUT2D eigenvalue weighted by Gasteiger charge is 2.20. The van der Waals surface area contributed by atoms with Crippen molar-refractivity contribution in [2.24, 2.45) is 14.1 Å². The summed E-state index contributed by atoms with van der Waals surface area (Å²) in [7, 11) is 2.86. The number of benzene rings is 2. The molecule has 0 bridgehead atoms. The number of nitrogens with one attached hydrogen (secondary N) is 1. The Balaban J connectivity index is 2.13. The van der Waals surface area contributed by atoms with E-state index in [9.17, 15) is 24.5 Å². The lowest BCUT2D eigenvalue weighted by Crippen LogP contribution is -2.39. The van der Waals surface area contributed by atoms with Crippen LogP contribution in [0.4, 0.5) is 11.4 Å². The van der Waals surface area contributed by atoms with Gasteiger partial charge in [0, 0.05) is 37.7 Å². The number of aryl methyl sites for hydroxylation is 2. The lowest BCUT2D eigenvalue weighted by molar-refractivity contribution is -0.387. The van der Waals surface area contributed by atoms with Crippen molar-refractivity contribution in [3.63, 3.8) is 0 Å². The van der Waals surface area contributed by atoms with E-state index in [0.29, 0.717) is 26.5 Å². The predicted molar refractivity (Wildman–Crippen MR) is 106 cm³/mol. The zero-order chi connectivity index (χ0) is 20.6. The third-order valence-electron chi connectivity index (χ3n) is 4.17. The Kier molecular flexibility index (Phi) is 5.06. The quantitative estimate of drug-likeness (QED) is 0.408. The van der Waals surface area contributed by atoms with E-state index in [-0.39, 0.29) is 11.6 Å². The van der Waals surface area contributed by atoms with Gasteiger partial charge in [0.15, 0.2) is 0 Å². The van der Waals surface area contributed by atoms with Crippen LogP contribution in [0.5, 0.6) is 0 Å². The smallest absolute Gasteiger partial charge is 0.316 e. The fourth-order valence-corrected chi connectivity index (χ4v) is 3.69. The Morgan fingerprint density at radius 3 is 2.07 bits per heavy atom. The summed E-state index contributed by atoms with van der Waals surface area (Å²) in [6.45, 7) is 1.40. The van der Waals surface area contributed by atoms with Crippen LogP contribution < -0.4 is 16.4 Å². The molecule has 2 aromatic carbocycles. The van der Waals surface area contributed by atoms with Gasteiger partial charge < -0.3 is 14.5 Å². The van der Waals surface area contributed by atoms with Crippen LogP contribution in [0.15, 0.2) is 55.8 Å². The van der Waals surface area contributed by atoms with Crippen LogP contribution in [0.3, 0.4) is 0 Å². The highest BCUT2D eigenvalue weighted by Crippen LogP contribution is 2.37. The molecule has 0 atom stereocenters. The highest BCUT2D eigenvalue weighted by atomic mass is 32.2. The van der Waals surface area contributed by atoms with Crippen molar-refractivity contribution in [3.8, 4) is 0 Å². The van der Waals surface area contributed by atoms with E-state index in [0.717, 1.165) is 16.3 Å². The third kappa shape index (κ3) is 3.54. The van der Waals surface area contributed by atoms with Crippen LogP contribution in [0.25, 0.3) is 11.0 Å². The van der Waals surface area contributed by atoms with Crippen LogP contribution in [0, 0.1) is 10.1 Å². The molecule has 10 heteroatoms. The minimum Gasteiger partial charge on any atom is -0.326 e. The second kappa shape index (κ2) is 7.31. The molecular formula is C18H16N4O5S. The number of nitrogens with zero attached hydrogens (tertiary/aromatic N) is 3. The van der Waals surface area contributed by atoms with E-state index in [1.54, 1.807) is 24.3 Å². The number of amides is 1. The van der Waals surface area contributed by atoms with Gasteiger partial charge in [-0.2, -0.15) is 0 Å². The molecule has 3 aromatic rings. The number of anilines is 1. The highest BCUT2D eigenvalue weighted by molar-refractivity contribution is 7.99. The molecule has 28 heavy (non-hydrogen) atoms. The number of nitro benzene ring substituents is 1. The van der Waals surface area contributed by atoms with Crippen LogP contribution in [-0.4, -0.2) is 20.0 Å². The number of nitro groups is 1. The van der Waals surface area contributed by atoms with Crippen molar-refractivity contribution < 1.29 is 9.72 Å². The largest absolute Gasteiger partial charge is 0.326 e. The van der Waals surface area contributed by atoms with E-state index in [1.165, 1.54) is 37.7 Å². The Bertz CT molecular complexity index is 1230. The summed E-state index contributed by atoms with van der Waals surface area (Å²) in [5.41, 5.74) is -0.309. The van der Waals surface area contributed by atoms with Gasteiger partial charge in [-0.3, -0.25) is 24.5 Å². The van der Waals surface area contributed by atoms with E-state index < -0.39 is 16.0 Å². The minimum absolute atomic E-state index is 0.169. The van der Waals surface area contributed by atoms with E-state index >= 15 is 0 Å². The first-order valence-corrected chi connectivity index (χ1v) is 8.94. The second-order valence-electron chi connectivity index (χ2n) is 6.10. The molecule has 0 aliphatic carbocycles. The van der Waals surface area contributed by atoms with Crippen molar-refractivity contribution in [3.05, 3.63) is 67.2 Å². The molecule has 0 fully saturated rings. The molecule has 1 aromatic heterocycles. The average Bonchev–Trinajstić information content (AvgIpc) is 2.65. The maximum atomic E-state index is 12.1. The summed E-state index contributed by atoms with van der Waals surface area (Å²) in [4.78, 5) is 47.3. The molecule has 0 unspecified atom stereocenters. The molecule has 144 valence electrons. The lowest BCUT2D eigenvalue weighted by atomic mass is 10.2. The fraction of sp³-hybridized carbons (Fsp3) is 0.167. The first-order valence-electron chi connectivity index (χ1n) is 8.12. The molecule has 1 amide bonds. The number of hydrogen-bond acceptors (Lipinski definition) is 6. The van der Waals surface area contributed by atoms with Crippen molar-refractivity contribution in [2.45, 2.75) is 16.7 Å². The molecule has 0 spiro atoms. The fourth-order valence-electron chi connectivity index (χ4n) is 2.75. The summed E-state index contributed by atoms with van der Waals surface area (Å²) in [6.07, 6.45) is 0. The molecule has 1 heterocycles. The Labute approximate surface area is 162 Å². The van der Waals surface area contributed by atoms with Crippen molar-refractivity contribution in [2.75, 3.05) is 5.32 Å². The molecule has 1 N–H and O–H groups in total. The van der Waals surface area contributed by atoms with Gasteiger partial charge in [0.1, 0.15) is 0 Å². The summed E-state index contributed by atoms with van der Waals surface area (Å²) in [5, 5.41) is 14.2. The van der Waals surface area contributed by atoms with Gasteiger partial charge in [-0.15, -0.1) is 0 Å². The second-order valence-corrected chi connectivity index (χ2v) is 7.22. The lowest BCUT2D eigenvalue weighted by Gasteiger charge is -2.11. The molecular weight excluding hydrogens is 384 g/mol. The number of carbonyl (C=O) groups excluding carboxylic acids is 1. The third-order valence-corrected chi connectivity index (χ3v) is 5.23. The summed E-state index contributed by atoms with van der Waals surface area (Å²) < 4.78 is 2.30. The summed E-state index contributed by atoms with van der Waals surface area (Å²) in [6, 6.07) is 9.66. The minimum atomic E-state index is -0.752. The van der Waals surface area contributed by atoms with Crippen LogP contribution >= 0.6 is 11.8 Å². The van der Waals surface area contributed by atoms with Crippen LogP contribution in [-0.2, 0) is 18.9 Å². The zero-order valence-electron chi connectivity index (χ0n) is 15.3. The summed E-state index contributed by atoms with van der Waals surface area (Å²) in [5.74, 6) is -0.197. The maximum Gasteiger partial charge on any atom is 0.316 e. The molecule has 0 saturated heterocycles. The standard InChI is InChI=1S/C18H16N4O5S/c1-10(23)19-11-4-6-12(7-5-11)28-16-9-14-13(8-15(16)22(26)27)20(2)17(24)18(25)21(14)3/h4-9H,1-3H3,(H,19,23). The van der Waals surface area contributed by atoms with E-state index in [1.807, 2.05) is 0 Å².